The molecule has 0 radical (unpaired) electrons. The number of aliphatic hydroxyl groups excluding tert-OH is 1. The van der Waals surface area contributed by atoms with E-state index in [0.717, 1.165) is 33.7 Å². The van der Waals surface area contributed by atoms with Crippen LogP contribution in [0.15, 0.2) is 72.8 Å². The van der Waals surface area contributed by atoms with Gasteiger partial charge in [-0.15, -0.1) is 0 Å². The van der Waals surface area contributed by atoms with Gasteiger partial charge in [0.05, 0.1) is 17.6 Å². The van der Waals surface area contributed by atoms with Crippen LogP contribution in [0.25, 0.3) is 11.0 Å². The number of aromatic nitrogens is 2. The van der Waals surface area contributed by atoms with E-state index in [1.165, 1.54) is 5.56 Å². The minimum absolute atomic E-state index is 0.0218. The molecular weight excluding hydrogens is 438 g/mol. The predicted molar refractivity (Wildman–Crippen MR) is 136 cm³/mol. The molecule has 1 N–H and O–H groups in total. The summed E-state index contributed by atoms with van der Waals surface area (Å²) in [6.45, 7) is 5.86. The minimum Gasteiger partial charge on any atom is -0.491 e. The van der Waals surface area contributed by atoms with Crippen LogP contribution in [-0.4, -0.2) is 44.7 Å². The summed E-state index contributed by atoms with van der Waals surface area (Å²) in [6, 6.07) is 23.9. The second-order valence-electron chi connectivity index (χ2n) is 9.44. The number of ether oxygens (including phenoxy) is 1. The molecule has 1 aromatic heterocycles. The Bertz CT molecular complexity index is 1330. The lowest BCUT2D eigenvalue weighted by molar-refractivity contribution is -0.128. The molecule has 1 saturated heterocycles. The van der Waals surface area contributed by atoms with E-state index >= 15 is 0 Å². The Hall–Kier alpha value is -3.64. The average Bonchev–Trinajstić information content (AvgIpc) is 3.40. The number of rotatable bonds is 8. The van der Waals surface area contributed by atoms with Crippen LogP contribution in [0.2, 0.25) is 0 Å². The molecule has 0 unspecified atom stereocenters. The lowest BCUT2D eigenvalue weighted by atomic mass is 10.1. The summed E-state index contributed by atoms with van der Waals surface area (Å²) in [5.41, 5.74) is 5.32. The Morgan fingerprint density at radius 3 is 2.60 bits per heavy atom. The Morgan fingerprint density at radius 1 is 1.03 bits per heavy atom. The van der Waals surface area contributed by atoms with E-state index in [-0.39, 0.29) is 18.4 Å². The molecule has 6 nitrogen and oxygen atoms in total. The molecular formula is C29H31N3O3. The molecule has 2 heterocycles. The van der Waals surface area contributed by atoms with Crippen LogP contribution in [-0.2, 0) is 17.9 Å². The van der Waals surface area contributed by atoms with Gasteiger partial charge in [0.15, 0.2) is 0 Å². The standard InChI is InChI=1S/C29H31N3O3/c1-20-12-13-25(14-21(20)2)35-19-24(33)18-32-27-11-7-6-10-26(27)30-29(32)23-15-28(34)31(17-23)16-22-8-4-3-5-9-22/h3-14,23-24,33H,15-19H2,1-2H3/t23-,24-/m1/s1. The zero-order valence-electron chi connectivity index (χ0n) is 20.2. The van der Waals surface area contributed by atoms with Crippen molar-refractivity contribution < 1.29 is 14.6 Å². The maximum Gasteiger partial charge on any atom is 0.223 e. The van der Waals surface area contributed by atoms with E-state index in [1.54, 1.807) is 0 Å². The van der Waals surface area contributed by atoms with Gasteiger partial charge in [-0.05, 0) is 54.8 Å². The summed E-state index contributed by atoms with van der Waals surface area (Å²) in [5.74, 6) is 1.71. The molecule has 35 heavy (non-hydrogen) atoms. The van der Waals surface area contributed by atoms with E-state index in [9.17, 15) is 9.90 Å². The number of amides is 1. The first-order valence-electron chi connectivity index (χ1n) is 12.1. The van der Waals surface area contributed by atoms with E-state index in [4.69, 9.17) is 9.72 Å². The van der Waals surface area contributed by atoms with Crippen LogP contribution in [0.5, 0.6) is 5.75 Å². The topological polar surface area (TPSA) is 67.6 Å². The van der Waals surface area contributed by atoms with Gasteiger partial charge in [0.25, 0.3) is 0 Å². The number of hydrogen-bond donors (Lipinski definition) is 1. The zero-order valence-corrected chi connectivity index (χ0v) is 20.2. The molecule has 0 spiro atoms. The third-order valence-corrected chi connectivity index (χ3v) is 6.79. The summed E-state index contributed by atoms with van der Waals surface area (Å²) in [4.78, 5) is 19.6. The van der Waals surface area contributed by atoms with Gasteiger partial charge in [-0.3, -0.25) is 4.79 Å². The number of fused-ring (bicyclic) bond motifs is 1. The fraction of sp³-hybridized carbons (Fsp3) is 0.310. The quantitative estimate of drug-likeness (QED) is 0.409. The Balaban J connectivity index is 1.33. The fourth-order valence-electron chi connectivity index (χ4n) is 4.76. The van der Waals surface area contributed by atoms with Crippen LogP contribution in [0.4, 0.5) is 0 Å². The predicted octanol–water partition coefficient (Wildman–Crippen LogP) is 4.61. The lowest BCUT2D eigenvalue weighted by Crippen LogP contribution is -2.26. The van der Waals surface area contributed by atoms with Crippen molar-refractivity contribution in [1.82, 2.24) is 14.5 Å². The van der Waals surface area contributed by atoms with Gasteiger partial charge in [-0.1, -0.05) is 48.5 Å². The van der Waals surface area contributed by atoms with Crippen molar-refractivity contribution in [3.05, 3.63) is 95.3 Å². The number of carbonyl (C=O) groups is 1. The van der Waals surface area contributed by atoms with Crippen LogP contribution in [0.1, 0.15) is 34.9 Å². The Morgan fingerprint density at radius 2 is 1.80 bits per heavy atom. The lowest BCUT2D eigenvalue weighted by Gasteiger charge is -2.19. The highest BCUT2D eigenvalue weighted by Crippen LogP contribution is 2.31. The third kappa shape index (κ3) is 5.08. The van der Waals surface area contributed by atoms with Crippen molar-refractivity contribution in [3.63, 3.8) is 0 Å². The minimum atomic E-state index is -0.717. The van der Waals surface area contributed by atoms with Crippen LogP contribution < -0.4 is 4.74 Å². The Labute approximate surface area is 205 Å². The number of hydrogen-bond acceptors (Lipinski definition) is 4. The van der Waals surface area contributed by atoms with Gasteiger partial charge in [0.1, 0.15) is 24.3 Å². The number of likely N-dealkylation sites (tertiary alicyclic amines) is 1. The van der Waals surface area contributed by atoms with Crippen LogP contribution in [0.3, 0.4) is 0 Å². The number of aliphatic hydroxyl groups is 1. The summed E-state index contributed by atoms with van der Waals surface area (Å²) in [6.07, 6.45) is -0.295. The van der Waals surface area contributed by atoms with Crippen molar-refractivity contribution in [1.29, 1.82) is 0 Å². The zero-order chi connectivity index (χ0) is 24.4. The van der Waals surface area contributed by atoms with Gasteiger partial charge in [0, 0.05) is 25.4 Å². The molecule has 180 valence electrons. The van der Waals surface area contributed by atoms with E-state index in [0.29, 0.717) is 26.1 Å². The van der Waals surface area contributed by atoms with Crippen molar-refractivity contribution in [2.45, 2.75) is 45.4 Å². The van der Waals surface area contributed by atoms with Crippen LogP contribution >= 0.6 is 0 Å². The van der Waals surface area contributed by atoms with E-state index in [1.807, 2.05) is 84.6 Å². The molecule has 4 aromatic rings. The summed E-state index contributed by atoms with van der Waals surface area (Å²) in [7, 11) is 0. The largest absolute Gasteiger partial charge is 0.491 e. The molecule has 1 fully saturated rings. The molecule has 1 aliphatic rings. The maximum atomic E-state index is 12.8. The highest BCUT2D eigenvalue weighted by atomic mass is 16.5. The number of benzene rings is 3. The highest BCUT2D eigenvalue weighted by molar-refractivity contribution is 5.81. The molecule has 2 atom stereocenters. The third-order valence-electron chi connectivity index (χ3n) is 6.79. The number of para-hydroxylation sites is 2. The molecule has 0 bridgehead atoms. The molecule has 5 rings (SSSR count). The maximum absolute atomic E-state index is 12.8. The molecule has 0 saturated carbocycles. The van der Waals surface area contributed by atoms with Crippen molar-refractivity contribution in [3.8, 4) is 5.75 Å². The molecule has 1 aliphatic heterocycles. The van der Waals surface area contributed by atoms with Gasteiger partial charge < -0.3 is 19.3 Å². The van der Waals surface area contributed by atoms with E-state index < -0.39 is 6.10 Å². The Kier molecular flexibility index (Phi) is 6.55. The first kappa shape index (κ1) is 23.1. The number of nitrogens with zero attached hydrogens (tertiary/aromatic N) is 3. The highest BCUT2D eigenvalue weighted by Gasteiger charge is 2.34. The summed E-state index contributed by atoms with van der Waals surface area (Å²) in [5, 5.41) is 10.9. The average molecular weight is 470 g/mol. The smallest absolute Gasteiger partial charge is 0.223 e. The van der Waals surface area contributed by atoms with Crippen molar-refractivity contribution in [2.24, 2.45) is 0 Å². The fourth-order valence-corrected chi connectivity index (χ4v) is 4.76. The molecule has 3 aromatic carbocycles. The monoisotopic (exact) mass is 469 g/mol. The SMILES string of the molecule is Cc1ccc(OC[C@H](O)Cn2c([C@@H]3CC(=O)N(Cc4ccccc4)C3)nc3ccccc32)cc1C. The molecule has 1 amide bonds. The normalized spacial score (nSPS) is 16.7. The van der Waals surface area contributed by atoms with Gasteiger partial charge >= 0.3 is 0 Å². The van der Waals surface area contributed by atoms with E-state index in [2.05, 4.69) is 11.5 Å². The van der Waals surface area contributed by atoms with Crippen molar-refractivity contribution >= 4 is 16.9 Å². The summed E-state index contributed by atoms with van der Waals surface area (Å²) >= 11 is 0. The summed E-state index contributed by atoms with van der Waals surface area (Å²) < 4.78 is 7.95. The number of imidazole rings is 1. The first-order valence-corrected chi connectivity index (χ1v) is 12.1. The van der Waals surface area contributed by atoms with Gasteiger partial charge in [-0.2, -0.15) is 0 Å². The second kappa shape index (κ2) is 9.92. The molecule has 0 aliphatic carbocycles. The number of aryl methyl sites for hydroxylation is 2. The first-order chi connectivity index (χ1) is 17.0. The van der Waals surface area contributed by atoms with Crippen LogP contribution in [0, 0.1) is 13.8 Å². The van der Waals surface area contributed by atoms with Gasteiger partial charge in [-0.25, -0.2) is 4.98 Å². The van der Waals surface area contributed by atoms with Crippen molar-refractivity contribution in [2.75, 3.05) is 13.2 Å². The van der Waals surface area contributed by atoms with Gasteiger partial charge in [0.2, 0.25) is 5.91 Å². The second-order valence-corrected chi connectivity index (χ2v) is 9.44. The number of carbonyl (C=O) groups excluding carboxylic acids is 1. The molecule has 6 heteroatoms.